The standard InChI is InChI=1S/C20H28ClN3O3/c1-20(2,13-25)8-3-9-22-18(26)14-6-10-24(11-7-14)19-23-16-5-4-15(21)12-17(16)27-19/h4-5,12,14,25H,3,6-11,13H2,1-2H3,(H,22,26). The number of carbonyl (C=O) groups excluding carboxylic acids is 1. The van der Waals surface area contributed by atoms with Gasteiger partial charge in [0, 0.05) is 43.2 Å². The van der Waals surface area contributed by atoms with Gasteiger partial charge in [-0.15, -0.1) is 0 Å². The maximum atomic E-state index is 12.4. The van der Waals surface area contributed by atoms with Gasteiger partial charge in [-0.2, -0.15) is 4.98 Å². The predicted molar refractivity (Wildman–Crippen MR) is 107 cm³/mol. The molecule has 3 rings (SSSR count). The average molecular weight is 394 g/mol. The van der Waals surface area contributed by atoms with Crippen LogP contribution < -0.4 is 10.2 Å². The average Bonchev–Trinajstić information content (AvgIpc) is 3.08. The highest BCUT2D eigenvalue weighted by Crippen LogP contribution is 2.28. The van der Waals surface area contributed by atoms with Crippen LogP contribution in [0.1, 0.15) is 39.5 Å². The van der Waals surface area contributed by atoms with Crippen molar-refractivity contribution in [3.8, 4) is 0 Å². The molecule has 0 aliphatic carbocycles. The molecule has 2 aromatic rings. The molecule has 1 aromatic heterocycles. The van der Waals surface area contributed by atoms with Crippen molar-refractivity contribution >= 4 is 34.6 Å². The molecule has 0 bridgehead atoms. The number of aliphatic hydroxyl groups is 1. The van der Waals surface area contributed by atoms with Crippen molar-refractivity contribution in [1.82, 2.24) is 10.3 Å². The fourth-order valence-electron chi connectivity index (χ4n) is 3.36. The van der Waals surface area contributed by atoms with Crippen LogP contribution in [0, 0.1) is 11.3 Å². The Balaban J connectivity index is 1.46. The van der Waals surface area contributed by atoms with E-state index in [2.05, 4.69) is 15.2 Å². The second kappa shape index (κ2) is 8.48. The lowest BCUT2D eigenvalue weighted by Crippen LogP contribution is -2.41. The number of hydrogen-bond acceptors (Lipinski definition) is 5. The first kappa shape index (κ1) is 20.0. The van der Waals surface area contributed by atoms with E-state index in [-0.39, 0.29) is 23.8 Å². The lowest BCUT2D eigenvalue weighted by atomic mass is 9.89. The number of aliphatic hydroxyl groups excluding tert-OH is 1. The van der Waals surface area contributed by atoms with Gasteiger partial charge in [0.15, 0.2) is 5.58 Å². The van der Waals surface area contributed by atoms with Crippen molar-refractivity contribution in [3.05, 3.63) is 23.2 Å². The van der Waals surface area contributed by atoms with Gasteiger partial charge in [-0.3, -0.25) is 4.79 Å². The molecule has 0 saturated carbocycles. The van der Waals surface area contributed by atoms with Gasteiger partial charge in [0.1, 0.15) is 5.52 Å². The van der Waals surface area contributed by atoms with Gasteiger partial charge >= 0.3 is 0 Å². The summed E-state index contributed by atoms with van der Waals surface area (Å²) < 4.78 is 5.82. The molecule has 2 heterocycles. The quantitative estimate of drug-likeness (QED) is 0.702. The molecule has 1 aliphatic rings. The third-order valence-electron chi connectivity index (χ3n) is 5.23. The zero-order valence-electron chi connectivity index (χ0n) is 16.0. The summed E-state index contributed by atoms with van der Waals surface area (Å²) in [6, 6.07) is 6.01. The zero-order chi connectivity index (χ0) is 19.4. The Morgan fingerprint density at radius 3 is 2.85 bits per heavy atom. The minimum absolute atomic E-state index is 0.0333. The molecule has 0 unspecified atom stereocenters. The number of benzene rings is 1. The van der Waals surface area contributed by atoms with Crippen LogP contribution in [0.4, 0.5) is 6.01 Å². The summed E-state index contributed by atoms with van der Waals surface area (Å²) in [6.07, 6.45) is 3.34. The number of amides is 1. The lowest BCUT2D eigenvalue weighted by molar-refractivity contribution is -0.125. The molecule has 27 heavy (non-hydrogen) atoms. The largest absolute Gasteiger partial charge is 0.423 e. The SMILES string of the molecule is CC(C)(CO)CCCNC(=O)C1CCN(c2nc3ccc(Cl)cc3o2)CC1. The minimum atomic E-state index is -0.0835. The summed E-state index contributed by atoms with van der Waals surface area (Å²) >= 11 is 5.99. The third-order valence-corrected chi connectivity index (χ3v) is 5.47. The molecule has 1 saturated heterocycles. The maximum absolute atomic E-state index is 12.4. The lowest BCUT2D eigenvalue weighted by Gasteiger charge is -2.30. The molecule has 1 amide bonds. The van der Waals surface area contributed by atoms with Crippen LogP contribution in [0.5, 0.6) is 0 Å². The Bertz CT molecular complexity index is 782. The van der Waals surface area contributed by atoms with Gasteiger partial charge in [-0.05, 0) is 43.2 Å². The minimum Gasteiger partial charge on any atom is -0.423 e. The van der Waals surface area contributed by atoms with E-state index in [1.807, 2.05) is 19.9 Å². The highest BCUT2D eigenvalue weighted by Gasteiger charge is 2.27. The molecule has 7 heteroatoms. The first-order valence-corrected chi connectivity index (χ1v) is 9.95. The highest BCUT2D eigenvalue weighted by atomic mass is 35.5. The van der Waals surface area contributed by atoms with E-state index in [1.54, 1.807) is 12.1 Å². The number of piperidine rings is 1. The summed E-state index contributed by atoms with van der Waals surface area (Å²) in [7, 11) is 0. The van der Waals surface area contributed by atoms with Gasteiger partial charge < -0.3 is 19.7 Å². The Labute approximate surface area is 164 Å². The number of hydrogen-bond donors (Lipinski definition) is 2. The van der Waals surface area contributed by atoms with E-state index in [4.69, 9.17) is 16.0 Å². The highest BCUT2D eigenvalue weighted by molar-refractivity contribution is 6.31. The molecule has 2 N–H and O–H groups in total. The molecule has 148 valence electrons. The normalized spacial score (nSPS) is 16.1. The summed E-state index contributed by atoms with van der Waals surface area (Å²) in [6.45, 7) is 6.39. The zero-order valence-corrected chi connectivity index (χ0v) is 16.8. The molecule has 0 spiro atoms. The number of anilines is 1. The number of carbonyl (C=O) groups is 1. The Morgan fingerprint density at radius 2 is 2.15 bits per heavy atom. The summed E-state index contributed by atoms with van der Waals surface area (Å²) in [5, 5.41) is 12.9. The second-order valence-electron chi connectivity index (χ2n) is 8.09. The van der Waals surface area contributed by atoms with Crippen molar-refractivity contribution in [3.63, 3.8) is 0 Å². The van der Waals surface area contributed by atoms with Gasteiger partial charge in [-0.25, -0.2) is 0 Å². The first-order chi connectivity index (χ1) is 12.9. The van der Waals surface area contributed by atoms with Crippen molar-refractivity contribution in [1.29, 1.82) is 0 Å². The smallest absolute Gasteiger partial charge is 0.298 e. The molecule has 1 aliphatic heterocycles. The molecule has 0 radical (unpaired) electrons. The van der Waals surface area contributed by atoms with Crippen LogP contribution in [-0.2, 0) is 4.79 Å². The van der Waals surface area contributed by atoms with Crippen LogP contribution >= 0.6 is 11.6 Å². The topological polar surface area (TPSA) is 78.6 Å². The molecule has 1 aromatic carbocycles. The number of oxazole rings is 1. The summed E-state index contributed by atoms with van der Waals surface area (Å²) in [5.74, 6) is 0.159. The van der Waals surface area contributed by atoms with Gasteiger partial charge in [0.05, 0.1) is 0 Å². The van der Waals surface area contributed by atoms with Crippen molar-refractivity contribution in [2.75, 3.05) is 31.1 Å². The van der Waals surface area contributed by atoms with Crippen LogP contribution in [0.25, 0.3) is 11.1 Å². The second-order valence-corrected chi connectivity index (χ2v) is 8.52. The van der Waals surface area contributed by atoms with Gasteiger partial charge in [-0.1, -0.05) is 25.4 Å². The molecular formula is C20H28ClN3O3. The predicted octanol–water partition coefficient (Wildman–Crippen LogP) is 3.61. The maximum Gasteiger partial charge on any atom is 0.298 e. The van der Waals surface area contributed by atoms with E-state index >= 15 is 0 Å². The van der Waals surface area contributed by atoms with Gasteiger partial charge in [0.25, 0.3) is 6.01 Å². The monoisotopic (exact) mass is 393 g/mol. The number of fused-ring (bicyclic) bond motifs is 1. The van der Waals surface area contributed by atoms with E-state index in [0.29, 0.717) is 23.2 Å². The number of nitrogens with one attached hydrogen (secondary N) is 1. The molecule has 6 nitrogen and oxygen atoms in total. The van der Waals surface area contributed by atoms with Crippen LogP contribution in [-0.4, -0.2) is 42.2 Å². The van der Waals surface area contributed by atoms with Crippen LogP contribution in [0.15, 0.2) is 22.6 Å². The Kier molecular flexibility index (Phi) is 6.27. The van der Waals surface area contributed by atoms with E-state index in [1.165, 1.54) is 0 Å². The fourth-order valence-corrected chi connectivity index (χ4v) is 3.52. The number of aromatic nitrogens is 1. The third kappa shape index (κ3) is 5.14. The number of halogens is 1. The molecular weight excluding hydrogens is 366 g/mol. The van der Waals surface area contributed by atoms with Crippen LogP contribution in [0.2, 0.25) is 5.02 Å². The Morgan fingerprint density at radius 1 is 1.41 bits per heavy atom. The summed E-state index contributed by atoms with van der Waals surface area (Å²) in [4.78, 5) is 19.0. The van der Waals surface area contributed by atoms with Crippen molar-refractivity contribution < 1.29 is 14.3 Å². The summed E-state index contributed by atoms with van der Waals surface area (Å²) in [5.41, 5.74) is 1.39. The van der Waals surface area contributed by atoms with E-state index in [0.717, 1.165) is 44.3 Å². The van der Waals surface area contributed by atoms with Gasteiger partial charge in [0.2, 0.25) is 5.91 Å². The van der Waals surface area contributed by atoms with Crippen molar-refractivity contribution in [2.45, 2.75) is 39.5 Å². The molecule has 1 fully saturated rings. The fraction of sp³-hybridized carbons (Fsp3) is 0.600. The number of nitrogens with zero attached hydrogens (tertiary/aromatic N) is 2. The Hall–Kier alpha value is -1.79. The molecule has 0 atom stereocenters. The first-order valence-electron chi connectivity index (χ1n) is 9.57. The van der Waals surface area contributed by atoms with Crippen molar-refractivity contribution in [2.24, 2.45) is 11.3 Å². The van der Waals surface area contributed by atoms with E-state index < -0.39 is 0 Å². The van der Waals surface area contributed by atoms with E-state index in [9.17, 15) is 9.90 Å². The van der Waals surface area contributed by atoms with Crippen LogP contribution in [0.3, 0.4) is 0 Å². The number of rotatable bonds is 7.